The quantitative estimate of drug-likeness (QED) is 0.393. The van der Waals surface area contributed by atoms with Gasteiger partial charge in [-0.25, -0.2) is 0 Å². The molecule has 0 saturated heterocycles. The molecular formula is C2H8CaMgO2. The van der Waals surface area contributed by atoms with Gasteiger partial charge in [-0.05, 0) is 0 Å². The van der Waals surface area contributed by atoms with Crippen LogP contribution in [0.2, 0.25) is 0 Å². The number of rotatable bonds is 0. The Kier molecular flexibility index (Phi) is 25.3. The monoisotopic (exact) mass is 128 g/mol. The molecule has 4 heteroatoms. The van der Waals surface area contributed by atoms with E-state index in [9.17, 15) is 0 Å². The summed E-state index contributed by atoms with van der Waals surface area (Å²) in [6, 6.07) is 0. The maximum atomic E-state index is 9.00. The van der Waals surface area contributed by atoms with E-state index in [1.54, 1.807) is 0 Å². The number of carboxylic acid groups (broad SMARTS) is 1. The Morgan fingerprint density at radius 2 is 1.67 bits per heavy atom. The summed E-state index contributed by atoms with van der Waals surface area (Å²) in [7, 11) is 0. The van der Waals surface area contributed by atoms with Gasteiger partial charge in [-0.2, -0.15) is 0 Å². The van der Waals surface area contributed by atoms with Crippen molar-refractivity contribution < 1.29 is 9.90 Å². The molecule has 0 heterocycles. The van der Waals surface area contributed by atoms with Crippen LogP contribution in [0.3, 0.4) is 0 Å². The molecule has 0 aromatic carbocycles. The van der Waals surface area contributed by atoms with Crippen LogP contribution >= 0.6 is 0 Å². The van der Waals surface area contributed by atoms with E-state index >= 15 is 0 Å². The number of carboxylic acids is 1. The van der Waals surface area contributed by atoms with Gasteiger partial charge in [-0.15, -0.1) is 0 Å². The topological polar surface area (TPSA) is 37.3 Å². The third-order valence-corrected chi connectivity index (χ3v) is 0. The van der Waals surface area contributed by atoms with Gasteiger partial charge in [0.25, 0.3) is 5.97 Å². The van der Waals surface area contributed by atoms with Gasteiger partial charge in [-0.1, -0.05) is 0 Å². The maximum Gasteiger partial charge on any atom is 0.316 e. The SMILES string of the molecule is CC(=O)O.[CaH2].[MgH2]. The molecule has 0 saturated carbocycles. The van der Waals surface area contributed by atoms with Crippen LogP contribution in [-0.2, 0) is 4.79 Å². The van der Waals surface area contributed by atoms with Crippen molar-refractivity contribution in [3.05, 3.63) is 0 Å². The Morgan fingerprint density at radius 1 is 1.67 bits per heavy atom. The van der Waals surface area contributed by atoms with Crippen LogP contribution in [0.1, 0.15) is 6.92 Å². The summed E-state index contributed by atoms with van der Waals surface area (Å²) in [6.45, 7) is 1.08. The van der Waals surface area contributed by atoms with Gasteiger partial charge in [0.15, 0.2) is 0 Å². The van der Waals surface area contributed by atoms with Crippen LogP contribution in [-0.4, -0.2) is 71.9 Å². The molecule has 2 nitrogen and oxygen atoms in total. The van der Waals surface area contributed by atoms with E-state index in [0.717, 1.165) is 6.92 Å². The third-order valence-electron chi connectivity index (χ3n) is 0. The van der Waals surface area contributed by atoms with E-state index < -0.39 is 5.97 Å². The van der Waals surface area contributed by atoms with Crippen LogP contribution in [0.4, 0.5) is 0 Å². The second-order valence-electron chi connectivity index (χ2n) is 0.519. The Hall–Kier alpha value is 1.50. The fourth-order valence-corrected chi connectivity index (χ4v) is 0. The van der Waals surface area contributed by atoms with Crippen molar-refractivity contribution in [1.29, 1.82) is 0 Å². The molecule has 0 aliphatic heterocycles. The summed E-state index contributed by atoms with van der Waals surface area (Å²) in [5.41, 5.74) is 0. The summed E-state index contributed by atoms with van der Waals surface area (Å²) < 4.78 is 0. The van der Waals surface area contributed by atoms with Crippen molar-refractivity contribution in [3.8, 4) is 0 Å². The average molecular weight is 128 g/mol. The van der Waals surface area contributed by atoms with Gasteiger partial charge >= 0.3 is 60.8 Å². The standard InChI is InChI=1S/C2H4O2.Ca.Mg.4H/c1-2(3)4;;;;;;/h1H3,(H,3,4);;;;;;. The maximum absolute atomic E-state index is 9.00. The minimum Gasteiger partial charge on any atom is 0.316 e. The molecule has 32 valence electrons. The van der Waals surface area contributed by atoms with E-state index in [0.29, 0.717) is 0 Å². The molecule has 0 unspecified atom stereocenters. The summed E-state index contributed by atoms with van der Waals surface area (Å²) in [6.07, 6.45) is 0. The first-order chi connectivity index (χ1) is 1.73. The summed E-state index contributed by atoms with van der Waals surface area (Å²) in [5.74, 6) is -0.833. The Balaban J connectivity index is -0.0000000450. The van der Waals surface area contributed by atoms with Crippen LogP contribution in [0.5, 0.6) is 0 Å². The molecule has 0 bridgehead atoms. The van der Waals surface area contributed by atoms with Gasteiger partial charge in [0.05, 0.1) is 0 Å². The Morgan fingerprint density at radius 3 is 1.67 bits per heavy atom. The van der Waals surface area contributed by atoms with Crippen LogP contribution < -0.4 is 0 Å². The van der Waals surface area contributed by atoms with Gasteiger partial charge in [0.2, 0.25) is 0 Å². The minimum atomic E-state index is -0.833. The molecule has 0 amide bonds. The molecule has 0 aliphatic carbocycles. The summed E-state index contributed by atoms with van der Waals surface area (Å²) in [5, 5.41) is 7.42. The summed E-state index contributed by atoms with van der Waals surface area (Å²) in [4.78, 5) is 9.00. The largest absolute Gasteiger partial charge is 0.316 e. The van der Waals surface area contributed by atoms with Crippen LogP contribution in [0.15, 0.2) is 0 Å². The van der Waals surface area contributed by atoms with E-state index in [-0.39, 0.29) is 60.8 Å². The molecule has 0 radical (unpaired) electrons. The van der Waals surface area contributed by atoms with Crippen LogP contribution in [0.25, 0.3) is 0 Å². The predicted molar refractivity (Wildman–Crippen MR) is 30.4 cm³/mol. The molecule has 6 heavy (non-hydrogen) atoms. The van der Waals surface area contributed by atoms with Crippen molar-refractivity contribution in [2.45, 2.75) is 6.92 Å². The molecule has 0 aliphatic rings. The van der Waals surface area contributed by atoms with Gasteiger partial charge in [0, 0.05) is 6.92 Å². The first kappa shape index (κ1) is 15.6. The van der Waals surface area contributed by atoms with E-state index in [1.165, 1.54) is 0 Å². The van der Waals surface area contributed by atoms with E-state index in [2.05, 4.69) is 0 Å². The molecule has 0 atom stereocenters. The fraction of sp³-hybridized carbons (Fsp3) is 0.500. The van der Waals surface area contributed by atoms with Gasteiger partial charge < -0.3 is 5.11 Å². The van der Waals surface area contributed by atoms with E-state index in [4.69, 9.17) is 9.90 Å². The van der Waals surface area contributed by atoms with Crippen LogP contribution in [0, 0.1) is 0 Å². The van der Waals surface area contributed by atoms with E-state index in [1.807, 2.05) is 0 Å². The first-order valence-corrected chi connectivity index (χ1v) is 0.928. The predicted octanol–water partition coefficient (Wildman–Crippen LogP) is -1.74. The van der Waals surface area contributed by atoms with Crippen molar-refractivity contribution in [2.24, 2.45) is 0 Å². The average Bonchev–Trinajstić information content (AvgIpc) is 0.811. The number of carbonyl (C=O) groups is 1. The molecular weight excluding hydrogens is 120 g/mol. The molecule has 0 aromatic rings. The smallest absolute Gasteiger partial charge is 0.316 e. The fourth-order valence-electron chi connectivity index (χ4n) is 0. The number of hydrogen-bond acceptors (Lipinski definition) is 1. The van der Waals surface area contributed by atoms with Gasteiger partial charge in [0.1, 0.15) is 0 Å². The number of hydrogen-bond donors (Lipinski definition) is 1. The zero-order valence-corrected chi connectivity index (χ0v) is 2.36. The van der Waals surface area contributed by atoms with Gasteiger partial charge in [-0.3, -0.25) is 4.79 Å². The second-order valence-corrected chi connectivity index (χ2v) is 0.519. The first-order valence-electron chi connectivity index (χ1n) is 0.928. The summed E-state index contributed by atoms with van der Waals surface area (Å²) >= 11 is 0. The Bertz CT molecular complexity index is 34.5. The molecule has 0 rings (SSSR count). The van der Waals surface area contributed by atoms with Crippen molar-refractivity contribution in [3.63, 3.8) is 0 Å². The zero-order chi connectivity index (χ0) is 3.58. The minimum absolute atomic E-state index is 0. The molecule has 0 spiro atoms. The van der Waals surface area contributed by atoms with Crippen molar-refractivity contribution in [1.82, 2.24) is 0 Å². The normalized spacial score (nSPS) is 4.17. The van der Waals surface area contributed by atoms with Crippen molar-refractivity contribution >= 4 is 66.8 Å². The second kappa shape index (κ2) is 9.71. The zero-order valence-electron chi connectivity index (χ0n) is 2.36. The molecule has 1 N–H and O–H groups in total. The molecule has 0 fully saturated rings. The third kappa shape index (κ3) is 49.6. The number of aliphatic carboxylic acids is 1. The van der Waals surface area contributed by atoms with Crippen molar-refractivity contribution in [2.75, 3.05) is 0 Å². The Labute approximate surface area is 82.4 Å². The molecule has 0 aromatic heterocycles.